The average molecular weight is 367 g/mol. The number of nitrogens with zero attached hydrogens (tertiary/aromatic N) is 3. The van der Waals surface area contributed by atoms with E-state index in [9.17, 15) is 22.8 Å². The Balaban J connectivity index is 1.86. The lowest BCUT2D eigenvalue weighted by atomic mass is 9.86. The van der Waals surface area contributed by atoms with Gasteiger partial charge in [-0.1, -0.05) is 18.2 Å². The van der Waals surface area contributed by atoms with E-state index in [1.807, 2.05) is 0 Å². The number of carbonyl (C=O) groups is 2. The average Bonchev–Trinajstić information content (AvgIpc) is 3.24. The van der Waals surface area contributed by atoms with E-state index >= 15 is 0 Å². The van der Waals surface area contributed by atoms with E-state index in [4.69, 9.17) is 5.11 Å². The second kappa shape index (κ2) is 6.47. The van der Waals surface area contributed by atoms with Crippen LogP contribution in [0.25, 0.3) is 0 Å². The molecule has 0 bridgehead atoms. The van der Waals surface area contributed by atoms with Gasteiger partial charge in [0.1, 0.15) is 0 Å². The quantitative estimate of drug-likeness (QED) is 0.901. The lowest BCUT2D eigenvalue weighted by molar-refractivity contribution is -0.227. The molecule has 0 spiro atoms. The Bertz CT molecular complexity index is 820. The summed E-state index contributed by atoms with van der Waals surface area (Å²) in [7, 11) is 0. The Hall–Kier alpha value is -2.84. The summed E-state index contributed by atoms with van der Waals surface area (Å²) in [6.45, 7) is -0.867. The van der Waals surface area contributed by atoms with Crippen LogP contribution >= 0.6 is 0 Å². The number of benzene rings is 1. The third kappa shape index (κ3) is 3.04. The summed E-state index contributed by atoms with van der Waals surface area (Å²) >= 11 is 0. The van der Waals surface area contributed by atoms with E-state index in [1.165, 1.54) is 6.07 Å². The molecule has 1 aromatic heterocycles. The first-order valence-electron chi connectivity index (χ1n) is 7.89. The van der Waals surface area contributed by atoms with Gasteiger partial charge in [-0.05, 0) is 24.1 Å². The highest BCUT2D eigenvalue weighted by atomic mass is 19.4. The van der Waals surface area contributed by atoms with Crippen molar-refractivity contribution >= 4 is 11.9 Å². The Labute approximate surface area is 146 Å². The molecule has 6 nitrogen and oxygen atoms in total. The van der Waals surface area contributed by atoms with E-state index < -0.39 is 36.4 Å². The first-order valence-corrected chi connectivity index (χ1v) is 7.89. The number of rotatable bonds is 4. The summed E-state index contributed by atoms with van der Waals surface area (Å²) in [6, 6.07) is 8.27. The molecule has 9 heteroatoms. The van der Waals surface area contributed by atoms with Crippen LogP contribution in [-0.2, 0) is 11.3 Å². The molecule has 1 unspecified atom stereocenters. The molecule has 0 radical (unpaired) electrons. The molecule has 26 heavy (non-hydrogen) atoms. The summed E-state index contributed by atoms with van der Waals surface area (Å²) in [6.07, 6.45) is -2.30. The van der Waals surface area contributed by atoms with Crippen LogP contribution in [0.5, 0.6) is 0 Å². The lowest BCUT2D eigenvalue weighted by Crippen LogP contribution is -2.47. The number of aliphatic carboxylic acids is 1. The van der Waals surface area contributed by atoms with Crippen molar-refractivity contribution in [1.29, 1.82) is 0 Å². The minimum Gasteiger partial charge on any atom is -0.481 e. The van der Waals surface area contributed by atoms with Gasteiger partial charge < -0.3 is 10.0 Å². The standard InChI is InChI=1S/C17H16F3N3O3/c18-17(19,20)16(15(25)26)6-9-22(11-16)14(24)13-5-2-1-4-12(13)10-23-8-3-7-21-23/h1-5,7-8H,6,9-11H2,(H,25,26). The van der Waals surface area contributed by atoms with Gasteiger partial charge in [0.05, 0.1) is 6.54 Å². The fourth-order valence-electron chi connectivity index (χ4n) is 3.12. The van der Waals surface area contributed by atoms with Crippen LogP contribution in [0.4, 0.5) is 13.2 Å². The van der Waals surface area contributed by atoms with E-state index in [2.05, 4.69) is 5.10 Å². The largest absolute Gasteiger partial charge is 0.481 e. The first kappa shape index (κ1) is 18.0. The van der Waals surface area contributed by atoms with Gasteiger partial charge in [0, 0.05) is 31.0 Å². The van der Waals surface area contributed by atoms with Crippen molar-refractivity contribution in [1.82, 2.24) is 14.7 Å². The Morgan fingerprint density at radius 2 is 1.96 bits per heavy atom. The number of likely N-dealkylation sites (tertiary alicyclic amines) is 1. The van der Waals surface area contributed by atoms with Crippen LogP contribution in [0, 0.1) is 5.41 Å². The molecule has 1 fully saturated rings. The number of carboxylic acid groups (broad SMARTS) is 1. The maximum absolute atomic E-state index is 13.3. The number of hydrogen-bond acceptors (Lipinski definition) is 3. The third-order valence-corrected chi connectivity index (χ3v) is 4.65. The second-order valence-corrected chi connectivity index (χ2v) is 6.22. The number of carboxylic acids is 1. The van der Waals surface area contributed by atoms with Crippen molar-refractivity contribution in [2.24, 2.45) is 5.41 Å². The highest BCUT2D eigenvalue weighted by Crippen LogP contribution is 2.46. The molecule has 0 saturated carbocycles. The topological polar surface area (TPSA) is 75.4 Å². The molecule has 1 atom stereocenters. The normalized spacial score (nSPS) is 20.3. The lowest BCUT2D eigenvalue weighted by Gasteiger charge is -2.27. The zero-order chi connectivity index (χ0) is 18.9. The maximum Gasteiger partial charge on any atom is 0.406 e. The van der Waals surface area contributed by atoms with Crippen LogP contribution < -0.4 is 0 Å². The van der Waals surface area contributed by atoms with Crippen LogP contribution in [0.1, 0.15) is 22.3 Å². The number of carbonyl (C=O) groups excluding carboxylic acids is 1. The van der Waals surface area contributed by atoms with E-state index in [1.54, 1.807) is 41.3 Å². The van der Waals surface area contributed by atoms with Gasteiger partial charge in [0.2, 0.25) is 0 Å². The van der Waals surface area contributed by atoms with Gasteiger partial charge in [0.25, 0.3) is 5.91 Å². The van der Waals surface area contributed by atoms with Crippen molar-refractivity contribution < 1.29 is 27.9 Å². The van der Waals surface area contributed by atoms with Crippen LogP contribution in [-0.4, -0.2) is 50.9 Å². The number of hydrogen-bond donors (Lipinski definition) is 1. The highest BCUT2D eigenvalue weighted by Gasteiger charge is 2.64. The monoisotopic (exact) mass is 367 g/mol. The van der Waals surface area contributed by atoms with Gasteiger partial charge in [-0.2, -0.15) is 18.3 Å². The van der Waals surface area contributed by atoms with Gasteiger partial charge in [0.15, 0.2) is 5.41 Å². The van der Waals surface area contributed by atoms with E-state index in [0.29, 0.717) is 5.56 Å². The SMILES string of the molecule is O=C(c1ccccc1Cn1cccn1)N1CCC(C(=O)O)(C(F)(F)F)C1. The number of alkyl halides is 3. The predicted octanol–water partition coefficient (Wildman–Crippen LogP) is 2.41. The van der Waals surface area contributed by atoms with Gasteiger partial charge in [-0.3, -0.25) is 14.3 Å². The summed E-state index contributed by atoms with van der Waals surface area (Å²) in [5.41, 5.74) is -2.08. The van der Waals surface area contributed by atoms with E-state index in [-0.39, 0.29) is 18.7 Å². The summed E-state index contributed by atoms with van der Waals surface area (Å²) < 4.78 is 41.5. The van der Waals surface area contributed by atoms with Crippen molar-refractivity contribution in [3.63, 3.8) is 0 Å². The number of amides is 1. The second-order valence-electron chi connectivity index (χ2n) is 6.22. The Morgan fingerprint density at radius 3 is 2.54 bits per heavy atom. The predicted molar refractivity (Wildman–Crippen MR) is 84.4 cm³/mol. The summed E-state index contributed by atoms with van der Waals surface area (Å²) in [5.74, 6) is -2.56. The molecule has 138 valence electrons. The molecular formula is C17H16F3N3O3. The maximum atomic E-state index is 13.3. The van der Waals surface area contributed by atoms with Gasteiger partial charge >= 0.3 is 12.1 Å². The highest BCUT2D eigenvalue weighted by molar-refractivity contribution is 5.96. The Kier molecular flexibility index (Phi) is 4.47. The van der Waals surface area contributed by atoms with Crippen LogP contribution in [0.3, 0.4) is 0 Å². The first-order chi connectivity index (χ1) is 12.2. The van der Waals surface area contributed by atoms with Crippen LogP contribution in [0.2, 0.25) is 0 Å². The Morgan fingerprint density at radius 1 is 1.23 bits per heavy atom. The smallest absolute Gasteiger partial charge is 0.406 e. The van der Waals surface area contributed by atoms with Crippen molar-refractivity contribution in [2.75, 3.05) is 13.1 Å². The molecule has 1 saturated heterocycles. The number of aromatic nitrogens is 2. The fourth-order valence-corrected chi connectivity index (χ4v) is 3.12. The fraction of sp³-hybridized carbons (Fsp3) is 0.353. The molecule has 1 aliphatic rings. The third-order valence-electron chi connectivity index (χ3n) is 4.65. The molecule has 1 N–H and O–H groups in total. The van der Waals surface area contributed by atoms with Crippen molar-refractivity contribution in [2.45, 2.75) is 19.1 Å². The zero-order valence-corrected chi connectivity index (χ0v) is 13.6. The summed E-state index contributed by atoms with van der Waals surface area (Å²) in [4.78, 5) is 25.0. The van der Waals surface area contributed by atoms with Gasteiger partial charge in [-0.15, -0.1) is 0 Å². The molecule has 2 aromatic rings. The van der Waals surface area contributed by atoms with Crippen LogP contribution in [0.15, 0.2) is 42.7 Å². The molecule has 2 heterocycles. The molecule has 3 rings (SSSR count). The molecular weight excluding hydrogens is 351 g/mol. The molecule has 1 aliphatic heterocycles. The van der Waals surface area contributed by atoms with Crippen molar-refractivity contribution in [3.8, 4) is 0 Å². The van der Waals surface area contributed by atoms with E-state index in [0.717, 1.165) is 4.90 Å². The molecule has 0 aliphatic carbocycles. The molecule has 1 aromatic carbocycles. The summed E-state index contributed by atoms with van der Waals surface area (Å²) in [5, 5.41) is 13.2. The van der Waals surface area contributed by atoms with Gasteiger partial charge in [-0.25, -0.2) is 0 Å². The zero-order valence-electron chi connectivity index (χ0n) is 13.6. The minimum atomic E-state index is -4.93. The molecule has 1 amide bonds. The van der Waals surface area contributed by atoms with Crippen molar-refractivity contribution in [3.05, 3.63) is 53.9 Å². The minimum absolute atomic E-state index is 0.242. The number of halogens is 3.